The van der Waals surface area contributed by atoms with Crippen LogP contribution in [0.15, 0.2) is 109 Å². The third kappa shape index (κ3) is 6.05. The second-order valence-corrected chi connectivity index (χ2v) is 8.53. The molecule has 6 heteroatoms. The molecule has 182 valence electrons. The van der Waals surface area contributed by atoms with Crippen molar-refractivity contribution in [1.82, 2.24) is 10.6 Å². The van der Waals surface area contributed by atoms with Gasteiger partial charge >= 0.3 is 0 Å². The summed E-state index contributed by atoms with van der Waals surface area (Å²) in [6, 6.07) is 32.7. The maximum absolute atomic E-state index is 13.4. The molecular weight excluding hydrogens is 448 g/mol. The summed E-state index contributed by atoms with van der Waals surface area (Å²) in [5.41, 5.74) is 16.0. The van der Waals surface area contributed by atoms with Crippen LogP contribution in [0.4, 0.5) is 0 Å². The van der Waals surface area contributed by atoms with Crippen molar-refractivity contribution < 1.29 is 9.59 Å². The molecule has 2 atom stereocenters. The summed E-state index contributed by atoms with van der Waals surface area (Å²) in [7, 11) is 0. The van der Waals surface area contributed by atoms with Crippen LogP contribution in [0.3, 0.4) is 0 Å². The molecule has 0 saturated carbocycles. The zero-order valence-electron chi connectivity index (χ0n) is 19.9. The summed E-state index contributed by atoms with van der Waals surface area (Å²) in [5, 5.41) is 6.33. The quantitative estimate of drug-likeness (QED) is 0.288. The molecule has 0 aliphatic rings. The molecule has 2 amide bonds. The highest BCUT2D eigenvalue weighted by Crippen LogP contribution is 2.30. The van der Waals surface area contributed by atoms with E-state index >= 15 is 0 Å². The molecule has 36 heavy (non-hydrogen) atoms. The van der Waals surface area contributed by atoms with E-state index in [2.05, 4.69) is 10.6 Å². The monoisotopic (exact) mass is 478 g/mol. The van der Waals surface area contributed by atoms with Gasteiger partial charge in [0.25, 0.3) is 11.8 Å². The topological polar surface area (TPSA) is 110 Å². The Labute approximate surface area is 211 Å². The van der Waals surface area contributed by atoms with Crippen LogP contribution in [-0.2, 0) is 13.1 Å². The molecule has 0 saturated heterocycles. The third-order valence-corrected chi connectivity index (χ3v) is 6.07. The van der Waals surface area contributed by atoms with Crippen molar-refractivity contribution in [3.05, 3.63) is 143 Å². The Morgan fingerprint density at radius 1 is 0.556 bits per heavy atom. The van der Waals surface area contributed by atoms with E-state index in [1.165, 1.54) is 0 Å². The molecule has 0 aliphatic carbocycles. The normalized spacial score (nSPS) is 12.4. The molecule has 0 spiro atoms. The fourth-order valence-corrected chi connectivity index (χ4v) is 4.17. The molecule has 0 bridgehead atoms. The predicted molar refractivity (Wildman–Crippen MR) is 142 cm³/mol. The van der Waals surface area contributed by atoms with Crippen LogP contribution < -0.4 is 22.1 Å². The van der Waals surface area contributed by atoms with Gasteiger partial charge in [-0.05, 0) is 46.5 Å². The standard InChI is InChI=1S/C30H30N4O2/c31-19-21-9-7-15-25(17-21)29(35)33-27(23-11-3-1-4-12-23)28(24-13-5-2-6-14-24)34-30(36)26-16-8-10-22(18-26)20-32/h1-18,27-28H,19-20,31-32H2,(H,33,35)(H,34,36)/t27-,28-/m0/s1. The van der Waals surface area contributed by atoms with Crippen LogP contribution in [0.2, 0.25) is 0 Å². The van der Waals surface area contributed by atoms with E-state index in [4.69, 9.17) is 11.5 Å². The van der Waals surface area contributed by atoms with E-state index in [-0.39, 0.29) is 11.8 Å². The van der Waals surface area contributed by atoms with E-state index < -0.39 is 12.1 Å². The number of hydrogen-bond donors (Lipinski definition) is 4. The minimum absolute atomic E-state index is 0.250. The number of hydrogen-bond acceptors (Lipinski definition) is 4. The number of nitrogens with two attached hydrogens (primary N) is 2. The fourth-order valence-electron chi connectivity index (χ4n) is 4.17. The Morgan fingerprint density at radius 2 is 0.944 bits per heavy atom. The van der Waals surface area contributed by atoms with Gasteiger partial charge in [0.2, 0.25) is 0 Å². The van der Waals surface area contributed by atoms with Gasteiger partial charge in [-0.1, -0.05) is 84.9 Å². The number of carbonyl (C=O) groups excluding carboxylic acids is 2. The van der Waals surface area contributed by atoms with Crippen LogP contribution in [0.25, 0.3) is 0 Å². The Bertz CT molecular complexity index is 1210. The van der Waals surface area contributed by atoms with Gasteiger partial charge in [0.1, 0.15) is 0 Å². The first-order chi connectivity index (χ1) is 17.6. The molecule has 0 heterocycles. The summed E-state index contributed by atoms with van der Waals surface area (Å²) in [6.45, 7) is 0.682. The minimum atomic E-state index is -0.538. The molecule has 0 unspecified atom stereocenters. The highest BCUT2D eigenvalue weighted by Gasteiger charge is 2.29. The van der Waals surface area contributed by atoms with Crippen LogP contribution in [-0.4, -0.2) is 11.8 Å². The second kappa shape index (κ2) is 11.9. The molecule has 4 aromatic carbocycles. The van der Waals surface area contributed by atoms with Gasteiger partial charge < -0.3 is 22.1 Å². The molecule has 4 aromatic rings. The van der Waals surface area contributed by atoms with Gasteiger partial charge in [0, 0.05) is 24.2 Å². The Balaban J connectivity index is 1.72. The SMILES string of the molecule is NCc1cccc(C(=O)N[C@@H](c2ccccc2)[C@@H](NC(=O)c2cccc(CN)c2)c2ccccc2)c1. The van der Waals surface area contributed by atoms with E-state index in [9.17, 15) is 9.59 Å². The summed E-state index contributed by atoms with van der Waals surface area (Å²) < 4.78 is 0. The third-order valence-electron chi connectivity index (χ3n) is 6.07. The van der Waals surface area contributed by atoms with Crippen LogP contribution in [0.1, 0.15) is 55.1 Å². The van der Waals surface area contributed by atoms with Crippen LogP contribution in [0.5, 0.6) is 0 Å². The van der Waals surface area contributed by atoms with Crippen molar-refractivity contribution in [2.45, 2.75) is 25.2 Å². The fraction of sp³-hybridized carbons (Fsp3) is 0.133. The highest BCUT2D eigenvalue weighted by atomic mass is 16.2. The molecule has 0 fully saturated rings. The Hall–Kier alpha value is -4.26. The highest BCUT2D eigenvalue weighted by molar-refractivity contribution is 5.96. The Kier molecular flexibility index (Phi) is 8.24. The molecule has 6 N–H and O–H groups in total. The van der Waals surface area contributed by atoms with Crippen molar-refractivity contribution in [2.75, 3.05) is 0 Å². The van der Waals surface area contributed by atoms with Crippen LogP contribution in [0, 0.1) is 0 Å². The lowest BCUT2D eigenvalue weighted by Crippen LogP contribution is -2.41. The molecule has 4 rings (SSSR count). The van der Waals surface area contributed by atoms with E-state index in [0.29, 0.717) is 24.2 Å². The van der Waals surface area contributed by atoms with Crippen molar-refractivity contribution in [2.24, 2.45) is 11.5 Å². The number of amides is 2. The maximum atomic E-state index is 13.4. The van der Waals surface area contributed by atoms with Gasteiger partial charge in [0.15, 0.2) is 0 Å². The number of carbonyl (C=O) groups is 2. The average molecular weight is 479 g/mol. The lowest BCUT2D eigenvalue weighted by molar-refractivity contribution is 0.0881. The predicted octanol–water partition coefficient (Wildman–Crippen LogP) is 4.25. The van der Waals surface area contributed by atoms with E-state index in [1.54, 1.807) is 24.3 Å². The number of rotatable bonds is 9. The second-order valence-electron chi connectivity index (χ2n) is 8.53. The average Bonchev–Trinajstić information content (AvgIpc) is 2.95. The maximum Gasteiger partial charge on any atom is 0.251 e. The van der Waals surface area contributed by atoms with Crippen molar-refractivity contribution in [1.29, 1.82) is 0 Å². The van der Waals surface area contributed by atoms with E-state index in [1.807, 2.05) is 84.9 Å². The largest absolute Gasteiger partial charge is 0.343 e. The zero-order valence-corrected chi connectivity index (χ0v) is 19.9. The van der Waals surface area contributed by atoms with Crippen LogP contribution >= 0.6 is 0 Å². The van der Waals surface area contributed by atoms with Gasteiger partial charge in [-0.2, -0.15) is 0 Å². The first-order valence-electron chi connectivity index (χ1n) is 11.9. The number of nitrogens with one attached hydrogen (secondary N) is 2. The van der Waals surface area contributed by atoms with Gasteiger partial charge in [-0.3, -0.25) is 9.59 Å². The molecular formula is C30H30N4O2. The first-order valence-corrected chi connectivity index (χ1v) is 11.9. The van der Waals surface area contributed by atoms with Crippen molar-refractivity contribution in [3.63, 3.8) is 0 Å². The summed E-state index contributed by atoms with van der Waals surface area (Å²) in [5.74, 6) is -0.501. The van der Waals surface area contributed by atoms with E-state index in [0.717, 1.165) is 22.3 Å². The van der Waals surface area contributed by atoms with Crippen molar-refractivity contribution in [3.8, 4) is 0 Å². The minimum Gasteiger partial charge on any atom is -0.343 e. The molecule has 6 nitrogen and oxygen atoms in total. The zero-order chi connectivity index (χ0) is 25.3. The smallest absolute Gasteiger partial charge is 0.251 e. The molecule has 0 radical (unpaired) electrons. The number of benzene rings is 4. The lowest BCUT2D eigenvalue weighted by atomic mass is 9.92. The van der Waals surface area contributed by atoms with Gasteiger partial charge in [-0.15, -0.1) is 0 Å². The lowest BCUT2D eigenvalue weighted by Gasteiger charge is -2.30. The Morgan fingerprint density at radius 3 is 1.31 bits per heavy atom. The van der Waals surface area contributed by atoms with Gasteiger partial charge in [-0.25, -0.2) is 0 Å². The summed E-state index contributed by atoms with van der Waals surface area (Å²) >= 11 is 0. The first kappa shape index (κ1) is 24.9. The molecule has 0 aromatic heterocycles. The van der Waals surface area contributed by atoms with Gasteiger partial charge in [0.05, 0.1) is 12.1 Å². The van der Waals surface area contributed by atoms with Crippen molar-refractivity contribution >= 4 is 11.8 Å². The summed E-state index contributed by atoms with van der Waals surface area (Å²) in [4.78, 5) is 26.8. The summed E-state index contributed by atoms with van der Waals surface area (Å²) in [6.07, 6.45) is 0. The molecule has 0 aliphatic heterocycles.